The second kappa shape index (κ2) is 6.93. The Hall–Kier alpha value is -2.18. The quantitative estimate of drug-likeness (QED) is 0.738. The largest absolute Gasteiger partial charge is 0.388 e. The van der Waals surface area contributed by atoms with Crippen LogP contribution in [0.1, 0.15) is 23.2 Å². The molecule has 23 heavy (non-hydrogen) atoms. The first-order valence-electron chi connectivity index (χ1n) is 7.43. The van der Waals surface area contributed by atoms with E-state index in [2.05, 4.69) is 11.9 Å². The average molecular weight is 318 g/mol. The Kier molecular flexibility index (Phi) is 5.18. The van der Waals surface area contributed by atoms with Crippen LogP contribution < -0.4 is 10.2 Å². The highest BCUT2D eigenvalue weighted by Crippen LogP contribution is 2.39. The number of anilines is 1. The maximum Gasteiger partial charge on any atom is 0.251 e. The summed E-state index contributed by atoms with van der Waals surface area (Å²) < 4.78 is 4.95. The Labute approximate surface area is 135 Å². The number of amides is 2. The number of rotatable bonds is 7. The number of carbonyl (C=O) groups is 2. The number of nitrogens with zero attached hydrogens (tertiary/aromatic N) is 1. The zero-order valence-electron chi connectivity index (χ0n) is 13.4. The van der Waals surface area contributed by atoms with Crippen molar-refractivity contribution < 1.29 is 19.4 Å². The number of aliphatic hydroxyl groups is 1. The van der Waals surface area contributed by atoms with Gasteiger partial charge in [-0.15, -0.1) is 0 Å². The van der Waals surface area contributed by atoms with Gasteiger partial charge < -0.3 is 20.1 Å². The zero-order chi connectivity index (χ0) is 17.0. The topological polar surface area (TPSA) is 78.9 Å². The van der Waals surface area contributed by atoms with Gasteiger partial charge in [-0.05, 0) is 43.2 Å². The normalized spacial score (nSPS) is 16.3. The predicted octanol–water partition coefficient (Wildman–Crippen LogP) is 1.11. The third-order valence-corrected chi connectivity index (χ3v) is 4.14. The van der Waals surface area contributed by atoms with E-state index in [1.165, 1.54) is 18.1 Å². The molecular weight excluding hydrogens is 296 g/mol. The van der Waals surface area contributed by atoms with Crippen LogP contribution in [0.3, 0.4) is 0 Å². The van der Waals surface area contributed by atoms with Gasteiger partial charge in [-0.25, -0.2) is 0 Å². The highest BCUT2D eigenvalue weighted by Gasteiger charge is 2.50. The van der Waals surface area contributed by atoms with Crippen molar-refractivity contribution in [1.82, 2.24) is 5.32 Å². The number of nitrogens with one attached hydrogen (secondary N) is 1. The Balaban J connectivity index is 2.04. The standard InChI is InChI=1S/C17H22N2O4/c1-4-15(21)19(2)13-7-5-12(6-8-13)16(22)18-17(9-10-17)14(20)11-23-3/h4-8,14,20H,1,9-11H2,2-3H3,(H,18,22). The molecule has 0 heterocycles. The van der Waals surface area contributed by atoms with Crippen LogP contribution in [0, 0.1) is 0 Å². The molecule has 1 aromatic carbocycles. The minimum absolute atomic E-state index is 0.188. The molecule has 0 bridgehead atoms. The molecule has 124 valence electrons. The van der Waals surface area contributed by atoms with Gasteiger partial charge in [-0.1, -0.05) is 6.58 Å². The summed E-state index contributed by atoms with van der Waals surface area (Å²) in [5, 5.41) is 12.9. The summed E-state index contributed by atoms with van der Waals surface area (Å²) in [4.78, 5) is 25.3. The van der Waals surface area contributed by atoms with Crippen molar-refractivity contribution in [2.45, 2.75) is 24.5 Å². The molecule has 1 saturated carbocycles. The van der Waals surface area contributed by atoms with Crippen LogP contribution >= 0.6 is 0 Å². The molecule has 1 aliphatic carbocycles. The van der Waals surface area contributed by atoms with Crippen LogP contribution in [0.25, 0.3) is 0 Å². The maximum atomic E-state index is 12.3. The Morgan fingerprint density at radius 1 is 1.43 bits per heavy atom. The van der Waals surface area contributed by atoms with Crippen LogP contribution in [-0.4, -0.2) is 49.3 Å². The first-order valence-corrected chi connectivity index (χ1v) is 7.43. The second-order valence-electron chi connectivity index (χ2n) is 5.73. The number of aliphatic hydroxyl groups excluding tert-OH is 1. The molecule has 6 heteroatoms. The summed E-state index contributed by atoms with van der Waals surface area (Å²) >= 11 is 0. The van der Waals surface area contributed by atoms with Crippen LogP contribution in [-0.2, 0) is 9.53 Å². The fraction of sp³-hybridized carbons (Fsp3) is 0.412. The molecule has 1 fully saturated rings. The summed E-state index contributed by atoms with van der Waals surface area (Å²) in [5.41, 5.74) is 0.567. The molecule has 2 amide bonds. The molecule has 0 aromatic heterocycles. The van der Waals surface area contributed by atoms with Crippen molar-refractivity contribution in [2.24, 2.45) is 0 Å². The molecule has 1 atom stereocenters. The van der Waals surface area contributed by atoms with E-state index in [1.807, 2.05) is 0 Å². The van der Waals surface area contributed by atoms with Crippen LogP contribution in [0.15, 0.2) is 36.9 Å². The monoisotopic (exact) mass is 318 g/mol. The molecule has 2 rings (SSSR count). The molecule has 1 aliphatic rings. The van der Waals surface area contributed by atoms with Gasteiger partial charge in [0.25, 0.3) is 5.91 Å². The van der Waals surface area contributed by atoms with Gasteiger partial charge >= 0.3 is 0 Å². The molecule has 0 radical (unpaired) electrons. The summed E-state index contributed by atoms with van der Waals surface area (Å²) in [7, 11) is 3.15. The van der Waals surface area contributed by atoms with E-state index in [-0.39, 0.29) is 18.4 Å². The van der Waals surface area contributed by atoms with Gasteiger partial charge in [0, 0.05) is 25.4 Å². The van der Waals surface area contributed by atoms with Crippen molar-refractivity contribution in [3.63, 3.8) is 0 Å². The Bertz CT molecular complexity index is 593. The van der Waals surface area contributed by atoms with E-state index in [9.17, 15) is 14.7 Å². The summed E-state index contributed by atoms with van der Waals surface area (Å²) in [6.45, 7) is 3.63. The number of likely N-dealkylation sites (N-methyl/N-ethyl adjacent to an activating group) is 1. The van der Waals surface area contributed by atoms with Gasteiger partial charge in [0.05, 0.1) is 12.1 Å². The van der Waals surface area contributed by atoms with Gasteiger partial charge in [-0.3, -0.25) is 9.59 Å². The van der Waals surface area contributed by atoms with Crippen LogP contribution in [0.2, 0.25) is 0 Å². The summed E-state index contributed by atoms with van der Waals surface area (Å²) in [6, 6.07) is 6.69. The van der Waals surface area contributed by atoms with Gasteiger partial charge in [-0.2, -0.15) is 0 Å². The lowest BCUT2D eigenvalue weighted by molar-refractivity contribution is -0.113. The maximum absolute atomic E-state index is 12.3. The van der Waals surface area contributed by atoms with E-state index in [0.717, 1.165) is 12.8 Å². The smallest absolute Gasteiger partial charge is 0.251 e. The van der Waals surface area contributed by atoms with E-state index in [4.69, 9.17) is 4.74 Å². The fourth-order valence-corrected chi connectivity index (χ4v) is 2.39. The van der Waals surface area contributed by atoms with E-state index < -0.39 is 11.6 Å². The minimum atomic E-state index is -0.716. The molecule has 0 saturated heterocycles. The van der Waals surface area contributed by atoms with E-state index in [1.54, 1.807) is 31.3 Å². The number of benzene rings is 1. The fourth-order valence-electron chi connectivity index (χ4n) is 2.39. The van der Waals surface area contributed by atoms with Crippen LogP contribution in [0.4, 0.5) is 5.69 Å². The minimum Gasteiger partial charge on any atom is -0.388 e. The van der Waals surface area contributed by atoms with Gasteiger partial charge in [0.15, 0.2) is 0 Å². The lowest BCUT2D eigenvalue weighted by Crippen LogP contribution is -2.47. The molecule has 1 unspecified atom stereocenters. The predicted molar refractivity (Wildman–Crippen MR) is 87.4 cm³/mol. The molecule has 0 aliphatic heterocycles. The number of hydrogen-bond donors (Lipinski definition) is 2. The van der Waals surface area contributed by atoms with Crippen molar-refractivity contribution in [3.8, 4) is 0 Å². The second-order valence-corrected chi connectivity index (χ2v) is 5.73. The highest BCUT2D eigenvalue weighted by molar-refractivity contribution is 6.01. The number of methoxy groups -OCH3 is 1. The Morgan fingerprint density at radius 2 is 2.04 bits per heavy atom. The molecule has 0 spiro atoms. The zero-order valence-corrected chi connectivity index (χ0v) is 13.4. The first-order chi connectivity index (χ1) is 10.9. The van der Waals surface area contributed by atoms with Crippen molar-refractivity contribution >= 4 is 17.5 Å². The first kappa shape index (κ1) is 17.2. The van der Waals surface area contributed by atoms with Crippen LogP contribution in [0.5, 0.6) is 0 Å². The SMILES string of the molecule is C=CC(=O)N(C)c1ccc(C(=O)NC2(C(O)COC)CC2)cc1. The highest BCUT2D eigenvalue weighted by atomic mass is 16.5. The molecular formula is C17H22N2O4. The number of ether oxygens (including phenoxy) is 1. The summed E-state index contributed by atoms with van der Waals surface area (Å²) in [5.74, 6) is -0.469. The third kappa shape index (κ3) is 3.78. The van der Waals surface area contributed by atoms with Crippen molar-refractivity contribution in [3.05, 3.63) is 42.5 Å². The molecule has 6 nitrogen and oxygen atoms in total. The molecule has 1 aromatic rings. The van der Waals surface area contributed by atoms with Crippen molar-refractivity contribution in [2.75, 3.05) is 25.7 Å². The van der Waals surface area contributed by atoms with E-state index in [0.29, 0.717) is 11.3 Å². The van der Waals surface area contributed by atoms with Gasteiger partial charge in [0.1, 0.15) is 6.10 Å². The average Bonchev–Trinajstić information content (AvgIpc) is 3.34. The van der Waals surface area contributed by atoms with Gasteiger partial charge in [0.2, 0.25) is 5.91 Å². The number of hydrogen-bond acceptors (Lipinski definition) is 4. The third-order valence-electron chi connectivity index (χ3n) is 4.14. The van der Waals surface area contributed by atoms with E-state index >= 15 is 0 Å². The summed E-state index contributed by atoms with van der Waals surface area (Å²) in [6.07, 6.45) is 1.98. The number of carbonyl (C=O) groups excluding carboxylic acids is 2. The van der Waals surface area contributed by atoms with Crippen molar-refractivity contribution in [1.29, 1.82) is 0 Å². The Morgan fingerprint density at radius 3 is 2.52 bits per heavy atom. The lowest BCUT2D eigenvalue weighted by atomic mass is 10.1. The lowest BCUT2D eigenvalue weighted by Gasteiger charge is -2.23. The molecule has 2 N–H and O–H groups in total.